The number of pyridine rings is 1. The molecule has 0 atom stereocenters. The van der Waals surface area contributed by atoms with E-state index in [0.29, 0.717) is 30.4 Å². The molecule has 0 bridgehead atoms. The molecule has 1 amide bonds. The molecule has 2 aromatic carbocycles. The lowest BCUT2D eigenvalue weighted by atomic mass is 10.1. The highest BCUT2D eigenvalue weighted by atomic mass is 19.1. The van der Waals surface area contributed by atoms with Gasteiger partial charge in [-0.05, 0) is 43.0 Å². The van der Waals surface area contributed by atoms with Crippen molar-refractivity contribution in [3.8, 4) is 0 Å². The van der Waals surface area contributed by atoms with Crippen molar-refractivity contribution in [2.75, 3.05) is 18.4 Å². The van der Waals surface area contributed by atoms with Gasteiger partial charge < -0.3 is 5.32 Å². The Kier molecular flexibility index (Phi) is 4.32. The zero-order chi connectivity index (χ0) is 19.0. The second-order valence-corrected chi connectivity index (χ2v) is 6.58. The molecule has 27 heavy (non-hydrogen) atoms. The van der Waals surface area contributed by atoms with Crippen molar-refractivity contribution in [3.05, 3.63) is 71.3 Å². The molecular formula is C21H19FN4O. The van der Waals surface area contributed by atoms with E-state index in [1.807, 2.05) is 44.2 Å². The molecule has 2 heterocycles. The molecule has 4 rings (SSSR count). The third-order valence-corrected chi connectivity index (χ3v) is 4.60. The van der Waals surface area contributed by atoms with Crippen LogP contribution in [0.1, 0.15) is 21.7 Å². The Labute approximate surface area is 156 Å². The molecule has 0 unspecified atom stereocenters. The van der Waals surface area contributed by atoms with Gasteiger partial charge in [0.05, 0.1) is 6.54 Å². The van der Waals surface area contributed by atoms with Crippen LogP contribution in [0.4, 0.5) is 10.1 Å². The van der Waals surface area contributed by atoms with Crippen LogP contribution >= 0.6 is 0 Å². The monoisotopic (exact) mass is 362 g/mol. The van der Waals surface area contributed by atoms with E-state index >= 15 is 0 Å². The highest BCUT2D eigenvalue weighted by Gasteiger charge is 2.27. The molecule has 136 valence electrons. The van der Waals surface area contributed by atoms with Gasteiger partial charge in [0.15, 0.2) is 0 Å². The van der Waals surface area contributed by atoms with E-state index in [1.165, 1.54) is 12.1 Å². The number of nitrogens with zero attached hydrogens (tertiary/aromatic N) is 3. The van der Waals surface area contributed by atoms with E-state index in [4.69, 9.17) is 0 Å². The number of fused-ring (bicyclic) bond motifs is 1. The first kappa shape index (κ1) is 17.1. The van der Waals surface area contributed by atoms with Gasteiger partial charge in [0, 0.05) is 23.3 Å². The van der Waals surface area contributed by atoms with Crippen molar-refractivity contribution in [3.63, 3.8) is 0 Å². The molecule has 1 aliphatic heterocycles. The van der Waals surface area contributed by atoms with Crippen molar-refractivity contribution in [2.45, 2.75) is 13.8 Å². The summed E-state index contributed by atoms with van der Waals surface area (Å²) in [4.78, 5) is 23.7. The predicted octanol–water partition coefficient (Wildman–Crippen LogP) is 3.91. The first-order valence-corrected chi connectivity index (χ1v) is 8.79. The average molecular weight is 362 g/mol. The number of halogens is 1. The largest absolute Gasteiger partial charge is 0.325 e. The number of rotatable bonds is 2. The normalized spacial score (nSPS) is 13.7. The van der Waals surface area contributed by atoms with Crippen molar-refractivity contribution < 1.29 is 9.18 Å². The van der Waals surface area contributed by atoms with Gasteiger partial charge in [-0.2, -0.15) is 0 Å². The maximum atomic E-state index is 13.6. The van der Waals surface area contributed by atoms with Crippen LogP contribution in [0.15, 0.2) is 53.5 Å². The number of carbonyl (C=O) groups is 1. The van der Waals surface area contributed by atoms with Crippen LogP contribution in [-0.4, -0.2) is 34.8 Å². The quantitative estimate of drug-likeness (QED) is 0.752. The van der Waals surface area contributed by atoms with Gasteiger partial charge in [0.2, 0.25) is 5.96 Å². The first-order valence-electron chi connectivity index (χ1n) is 8.79. The molecule has 0 spiro atoms. The molecule has 0 aliphatic carbocycles. The van der Waals surface area contributed by atoms with E-state index < -0.39 is 0 Å². The minimum Gasteiger partial charge on any atom is -0.325 e. The molecule has 6 heteroatoms. The highest BCUT2D eigenvalue weighted by Crippen LogP contribution is 2.22. The third kappa shape index (κ3) is 3.26. The fourth-order valence-corrected chi connectivity index (χ4v) is 3.22. The molecule has 0 saturated heterocycles. The van der Waals surface area contributed by atoms with Crippen LogP contribution in [0, 0.1) is 19.7 Å². The number of guanidine groups is 1. The second-order valence-electron chi connectivity index (χ2n) is 6.58. The molecule has 1 N–H and O–H groups in total. The Balaban J connectivity index is 1.68. The van der Waals surface area contributed by atoms with Crippen molar-refractivity contribution in [1.29, 1.82) is 0 Å². The Morgan fingerprint density at radius 1 is 1.15 bits per heavy atom. The Morgan fingerprint density at radius 3 is 2.81 bits per heavy atom. The number of aliphatic imine (C=N–C) groups is 1. The summed E-state index contributed by atoms with van der Waals surface area (Å²) in [5.41, 5.74) is 2.65. The van der Waals surface area contributed by atoms with Crippen LogP contribution in [0.5, 0.6) is 0 Å². The van der Waals surface area contributed by atoms with Crippen LogP contribution in [0.25, 0.3) is 10.8 Å². The molecule has 0 fully saturated rings. The average Bonchev–Trinajstić information content (AvgIpc) is 3.11. The molecule has 5 nitrogen and oxygen atoms in total. The molecular weight excluding hydrogens is 343 g/mol. The number of benzene rings is 2. The number of nitrogens with one attached hydrogen (secondary N) is 1. The van der Waals surface area contributed by atoms with Crippen LogP contribution < -0.4 is 5.32 Å². The van der Waals surface area contributed by atoms with Crippen LogP contribution in [0.2, 0.25) is 0 Å². The lowest BCUT2D eigenvalue weighted by Gasteiger charge is -2.20. The zero-order valence-corrected chi connectivity index (χ0v) is 15.2. The Morgan fingerprint density at radius 2 is 1.96 bits per heavy atom. The Hall–Kier alpha value is -3.28. The first-order chi connectivity index (χ1) is 13.0. The SMILES string of the molecule is Cc1cc2ccccc2c(C(=O)N2CCN=C2Nc2cc(F)ccc2C)n1. The molecule has 3 aromatic rings. The summed E-state index contributed by atoms with van der Waals surface area (Å²) in [5.74, 6) is -0.139. The van der Waals surface area contributed by atoms with Crippen LogP contribution in [-0.2, 0) is 0 Å². The van der Waals surface area contributed by atoms with Crippen molar-refractivity contribution >= 4 is 28.3 Å². The van der Waals surface area contributed by atoms with Gasteiger partial charge in [0.1, 0.15) is 11.5 Å². The maximum Gasteiger partial charge on any atom is 0.279 e. The van der Waals surface area contributed by atoms with Gasteiger partial charge in [-0.15, -0.1) is 0 Å². The second kappa shape index (κ2) is 6.79. The number of carbonyl (C=O) groups excluding carboxylic acids is 1. The van der Waals surface area contributed by atoms with E-state index in [-0.39, 0.29) is 11.7 Å². The zero-order valence-electron chi connectivity index (χ0n) is 15.2. The summed E-state index contributed by atoms with van der Waals surface area (Å²) < 4.78 is 13.6. The van der Waals surface area contributed by atoms with E-state index in [0.717, 1.165) is 22.0 Å². The summed E-state index contributed by atoms with van der Waals surface area (Å²) in [5, 5.41) is 4.88. The fraction of sp³-hybridized carbons (Fsp3) is 0.190. The number of hydrogen-bond donors (Lipinski definition) is 1. The lowest BCUT2D eigenvalue weighted by molar-refractivity contribution is 0.0854. The van der Waals surface area contributed by atoms with Gasteiger partial charge in [0.25, 0.3) is 5.91 Å². The van der Waals surface area contributed by atoms with Gasteiger partial charge >= 0.3 is 0 Å². The summed E-state index contributed by atoms with van der Waals surface area (Å²) in [7, 11) is 0. The summed E-state index contributed by atoms with van der Waals surface area (Å²) in [6.07, 6.45) is 0. The van der Waals surface area contributed by atoms with E-state index in [9.17, 15) is 9.18 Å². The van der Waals surface area contributed by atoms with Crippen LogP contribution in [0.3, 0.4) is 0 Å². The summed E-state index contributed by atoms with van der Waals surface area (Å²) in [6.45, 7) is 4.70. The van der Waals surface area contributed by atoms with E-state index in [2.05, 4.69) is 15.3 Å². The fourth-order valence-electron chi connectivity index (χ4n) is 3.22. The molecule has 0 radical (unpaired) electrons. The lowest BCUT2D eigenvalue weighted by Crippen LogP contribution is -2.39. The van der Waals surface area contributed by atoms with Gasteiger partial charge in [-0.25, -0.2) is 9.37 Å². The number of amides is 1. The smallest absolute Gasteiger partial charge is 0.279 e. The van der Waals surface area contributed by atoms with E-state index in [1.54, 1.807) is 11.0 Å². The number of anilines is 1. The summed E-state index contributed by atoms with van der Waals surface area (Å²) >= 11 is 0. The third-order valence-electron chi connectivity index (χ3n) is 4.60. The molecule has 1 aromatic heterocycles. The Bertz CT molecular complexity index is 1080. The number of aromatic nitrogens is 1. The van der Waals surface area contributed by atoms with Crippen molar-refractivity contribution in [1.82, 2.24) is 9.88 Å². The highest BCUT2D eigenvalue weighted by molar-refractivity contribution is 6.14. The standard InChI is InChI=1S/C21H19FN4O/c1-13-7-8-16(22)12-18(13)25-21-23-9-10-26(21)20(27)19-17-6-4-3-5-15(17)11-14(2)24-19/h3-8,11-12H,9-10H2,1-2H3,(H,23,25). The van der Waals surface area contributed by atoms with Crippen molar-refractivity contribution in [2.24, 2.45) is 4.99 Å². The topological polar surface area (TPSA) is 57.6 Å². The minimum atomic E-state index is -0.342. The number of aryl methyl sites for hydroxylation is 2. The minimum absolute atomic E-state index is 0.215. The van der Waals surface area contributed by atoms with Gasteiger partial charge in [-0.3, -0.25) is 14.7 Å². The molecule has 0 saturated carbocycles. The predicted molar refractivity (Wildman–Crippen MR) is 105 cm³/mol. The number of hydrogen-bond acceptors (Lipinski definition) is 4. The molecule has 1 aliphatic rings. The summed E-state index contributed by atoms with van der Waals surface area (Å²) in [6, 6.07) is 14.1. The van der Waals surface area contributed by atoms with Gasteiger partial charge in [-0.1, -0.05) is 30.3 Å². The maximum absolute atomic E-state index is 13.6.